The zero-order valence-electron chi connectivity index (χ0n) is 20.1. The molecule has 1 aliphatic heterocycles. The minimum absolute atomic E-state index is 0.0126. The molecule has 0 aromatic heterocycles. The molecule has 0 saturated carbocycles. The third-order valence-electron chi connectivity index (χ3n) is 6.65. The van der Waals surface area contributed by atoms with Crippen LogP contribution in [-0.4, -0.2) is 48.6 Å². The molecule has 32 heavy (non-hydrogen) atoms. The summed E-state index contributed by atoms with van der Waals surface area (Å²) in [5.74, 6) is -1.27. The third-order valence-corrected chi connectivity index (χ3v) is 11.6. The highest BCUT2D eigenvalue weighted by atomic mass is 79.9. The van der Waals surface area contributed by atoms with Crippen molar-refractivity contribution < 1.29 is 23.9 Å². The summed E-state index contributed by atoms with van der Waals surface area (Å²) in [6.07, 6.45) is -2.48. The van der Waals surface area contributed by atoms with E-state index in [2.05, 4.69) is 56.4 Å². The minimum Gasteiger partial charge on any atom is -0.439 e. The maximum absolute atomic E-state index is 13.2. The average Bonchev–Trinajstić information content (AvgIpc) is 2.99. The van der Waals surface area contributed by atoms with Crippen LogP contribution in [0.1, 0.15) is 52.7 Å². The molecular formula is C24H36BrNO5Si. The van der Waals surface area contributed by atoms with E-state index in [4.69, 9.17) is 9.16 Å². The van der Waals surface area contributed by atoms with Crippen LogP contribution in [-0.2, 0) is 14.0 Å². The molecule has 0 bridgehead atoms. The number of aliphatic hydroxyl groups is 1. The molecule has 8 heteroatoms. The number of amides is 2. The number of aliphatic hydroxyl groups excluding tert-OH is 1. The number of cyclic esters (lactones) is 1. The van der Waals surface area contributed by atoms with Crippen LogP contribution in [0.2, 0.25) is 18.1 Å². The van der Waals surface area contributed by atoms with Gasteiger partial charge < -0.3 is 14.3 Å². The maximum atomic E-state index is 13.2. The van der Waals surface area contributed by atoms with E-state index in [9.17, 15) is 14.7 Å². The summed E-state index contributed by atoms with van der Waals surface area (Å²) in [4.78, 5) is 26.8. The monoisotopic (exact) mass is 525 g/mol. The van der Waals surface area contributed by atoms with Crippen LogP contribution in [0.15, 0.2) is 41.4 Å². The second-order valence-corrected chi connectivity index (χ2v) is 15.8. The van der Waals surface area contributed by atoms with Gasteiger partial charge in [0.25, 0.3) is 0 Å². The quantitative estimate of drug-likeness (QED) is 0.435. The van der Waals surface area contributed by atoms with Crippen molar-refractivity contribution in [3.05, 3.63) is 47.0 Å². The molecule has 0 radical (unpaired) electrons. The van der Waals surface area contributed by atoms with E-state index in [1.807, 2.05) is 30.3 Å². The Morgan fingerprint density at radius 3 is 2.38 bits per heavy atom. The topological polar surface area (TPSA) is 76.1 Å². The van der Waals surface area contributed by atoms with Crippen molar-refractivity contribution in [3.8, 4) is 0 Å². The third kappa shape index (κ3) is 5.90. The fourth-order valence-electron chi connectivity index (χ4n) is 3.43. The van der Waals surface area contributed by atoms with Crippen molar-refractivity contribution in [1.82, 2.24) is 4.90 Å². The number of halogens is 1. The lowest BCUT2D eigenvalue weighted by molar-refractivity contribution is -0.136. The highest BCUT2D eigenvalue weighted by Crippen LogP contribution is 2.39. The zero-order valence-corrected chi connectivity index (χ0v) is 22.7. The minimum atomic E-state index is -2.13. The predicted molar refractivity (Wildman–Crippen MR) is 132 cm³/mol. The van der Waals surface area contributed by atoms with E-state index in [0.29, 0.717) is 4.48 Å². The largest absolute Gasteiger partial charge is 0.439 e. The van der Waals surface area contributed by atoms with Gasteiger partial charge in [-0.05, 0) is 30.6 Å². The summed E-state index contributed by atoms with van der Waals surface area (Å²) in [5, 5.41) is 10.9. The lowest BCUT2D eigenvalue weighted by atomic mass is 9.96. The van der Waals surface area contributed by atoms with Gasteiger partial charge >= 0.3 is 6.09 Å². The molecule has 178 valence electrons. The van der Waals surface area contributed by atoms with E-state index in [1.165, 1.54) is 0 Å². The number of hydrogen-bond acceptors (Lipinski definition) is 5. The summed E-state index contributed by atoms with van der Waals surface area (Å²) in [7, 11) is -2.13. The Labute approximate surface area is 201 Å². The molecule has 2 rings (SSSR count). The van der Waals surface area contributed by atoms with Crippen LogP contribution < -0.4 is 0 Å². The second kappa shape index (κ2) is 10.2. The van der Waals surface area contributed by atoms with Crippen LogP contribution in [0.25, 0.3) is 0 Å². The number of rotatable bonds is 8. The maximum Gasteiger partial charge on any atom is 0.417 e. The van der Waals surface area contributed by atoms with Crippen molar-refractivity contribution in [3.63, 3.8) is 0 Å². The van der Waals surface area contributed by atoms with Crippen LogP contribution >= 0.6 is 15.9 Å². The van der Waals surface area contributed by atoms with Gasteiger partial charge in [0.15, 0.2) is 8.32 Å². The van der Waals surface area contributed by atoms with E-state index >= 15 is 0 Å². The number of nitrogens with zero attached hydrogens (tertiary/aromatic N) is 1. The SMILES string of the molecule is C=C(Br)[C@@H](C[C@H](O)[C@H](C)C(=O)N1C(=O)O[C@@H](c2ccccc2)[C@H]1C)O[Si](C)(C)C(C)(C)C. The van der Waals surface area contributed by atoms with E-state index in [-0.39, 0.29) is 11.5 Å². The van der Waals surface area contributed by atoms with Crippen LogP contribution in [0.4, 0.5) is 4.79 Å². The van der Waals surface area contributed by atoms with Gasteiger partial charge in [0.05, 0.1) is 24.2 Å². The van der Waals surface area contributed by atoms with E-state index in [0.717, 1.165) is 10.5 Å². The summed E-state index contributed by atoms with van der Waals surface area (Å²) in [6, 6.07) is 8.87. The first-order chi connectivity index (χ1) is 14.7. The number of benzene rings is 1. The van der Waals surface area contributed by atoms with Crippen LogP contribution in [0.5, 0.6) is 0 Å². The normalized spacial score (nSPS) is 22.3. The molecule has 0 unspecified atom stereocenters. The Hall–Kier alpha value is -1.48. The molecule has 2 amide bonds. The van der Waals surface area contributed by atoms with Crippen molar-refractivity contribution in [2.45, 2.75) is 83.5 Å². The number of imide groups is 1. The molecule has 1 aliphatic rings. The predicted octanol–water partition coefficient (Wildman–Crippen LogP) is 5.78. The fraction of sp³-hybridized carbons (Fsp3) is 0.583. The lowest BCUT2D eigenvalue weighted by Gasteiger charge is -2.40. The Morgan fingerprint density at radius 2 is 1.88 bits per heavy atom. The van der Waals surface area contributed by atoms with Gasteiger partial charge in [-0.3, -0.25) is 4.79 Å². The Balaban J connectivity index is 2.12. The first-order valence-corrected chi connectivity index (χ1v) is 14.7. The van der Waals surface area contributed by atoms with Gasteiger partial charge in [-0.15, -0.1) is 0 Å². The molecule has 5 atom stereocenters. The van der Waals surface area contributed by atoms with Gasteiger partial charge in [0.1, 0.15) is 6.10 Å². The summed E-state index contributed by atoms with van der Waals surface area (Å²) in [5.41, 5.74) is 0.829. The smallest absolute Gasteiger partial charge is 0.417 e. The molecule has 0 aliphatic carbocycles. The number of carbonyl (C=O) groups excluding carboxylic acids is 2. The summed E-state index contributed by atoms with van der Waals surface area (Å²) < 4.78 is 12.5. The number of hydrogen-bond donors (Lipinski definition) is 1. The molecule has 1 heterocycles. The fourth-order valence-corrected chi connectivity index (χ4v) is 5.18. The Kier molecular flexibility index (Phi) is 8.53. The van der Waals surface area contributed by atoms with E-state index < -0.39 is 50.6 Å². The number of carbonyl (C=O) groups is 2. The van der Waals surface area contributed by atoms with Crippen LogP contribution in [0, 0.1) is 5.92 Å². The summed E-state index contributed by atoms with van der Waals surface area (Å²) >= 11 is 3.42. The van der Waals surface area contributed by atoms with Crippen molar-refractivity contribution >= 4 is 36.2 Å². The van der Waals surface area contributed by atoms with Gasteiger partial charge in [0, 0.05) is 10.9 Å². The van der Waals surface area contributed by atoms with Gasteiger partial charge in [-0.25, -0.2) is 9.69 Å². The molecule has 6 nitrogen and oxygen atoms in total. The lowest BCUT2D eigenvalue weighted by Crippen LogP contribution is -2.47. The standard InChI is InChI=1S/C24H36BrNO5Si/c1-15(19(27)14-20(16(2)25)31-32(7,8)24(4,5)6)22(28)26-17(3)21(30-23(26)29)18-12-10-9-11-13-18/h9-13,15,17,19-21,27H,2,14H2,1,3-8H3/t15-,17+,19-,20+,21+/m0/s1. The van der Waals surface area contributed by atoms with Crippen molar-refractivity contribution in [1.29, 1.82) is 0 Å². The molecule has 1 fully saturated rings. The molecular weight excluding hydrogens is 490 g/mol. The average molecular weight is 527 g/mol. The number of ether oxygens (including phenoxy) is 1. The Bertz CT molecular complexity index is 839. The molecule has 1 aromatic rings. The van der Waals surface area contributed by atoms with Gasteiger partial charge in [-0.2, -0.15) is 0 Å². The van der Waals surface area contributed by atoms with Gasteiger partial charge in [0.2, 0.25) is 5.91 Å². The molecule has 1 aromatic carbocycles. The Morgan fingerprint density at radius 1 is 1.31 bits per heavy atom. The molecule has 1 N–H and O–H groups in total. The summed E-state index contributed by atoms with van der Waals surface area (Å²) in [6.45, 7) is 18.0. The first kappa shape index (κ1) is 26.8. The van der Waals surface area contributed by atoms with Crippen molar-refractivity contribution in [2.75, 3.05) is 0 Å². The highest BCUT2D eigenvalue weighted by molar-refractivity contribution is 9.11. The van der Waals surface area contributed by atoms with E-state index in [1.54, 1.807) is 13.8 Å². The molecule has 0 spiro atoms. The van der Waals surface area contributed by atoms with Crippen molar-refractivity contribution in [2.24, 2.45) is 5.92 Å². The zero-order chi connectivity index (χ0) is 24.4. The first-order valence-electron chi connectivity index (χ1n) is 11.0. The molecule has 1 saturated heterocycles. The van der Waals surface area contributed by atoms with Crippen LogP contribution in [0.3, 0.4) is 0 Å². The highest BCUT2D eigenvalue weighted by Gasteiger charge is 2.46. The second-order valence-electron chi connectivity index (χ2n) is 10.1. The van der Waals surface area contributed by atoms with Gasteiger partial charge in [-0.1, -0.05) is 80.5 Å².